The number of hydrogen-bond acceptors (Lipinski definition) is 3. The highest BCUT2D eigenvalue weighted by molar-refractivity contribution is 6.30. The summed E-state index contributed by atoms with van der Waals surface area (Å²) < 4.78 is 0. The first kappa shape index (κ1) is 18.2. The molecule has 2 amide bonds. The Bertz CT molecular complexity index is 599. The van der Waals surface area contributed by atoms with Gasteiger partial charge in [0.05, 0.1) is 0 Å². The standard InChI is InChI=1S/C19H26ClN3O2/c20-16-7-5-15(6-8-16)19(25)21-10-3-4-18(24)23-13-9-17(14-23)22-11-1-2-12-22/h5-8,17H,1-4,9-14H2,(H,21,25). The van der Waals surface area contributed by atoms with E-state index in [1.54, 1.807) is 24.3 Å². The van der Waals surface area contributed by atoms with E-state index in [4.69, 9.17) is 11.6 Å². The van der Waals surface area contributed by atoms with E-state index < -0.39 is 0 Å². The maximum absolute atomic E-state index is 12.3. The van der Waals surface area contributed by atoms with E-state index in [0.29, 0.717) is 36.0 Å². The Morgan fingerprint density at radius 1 is 1.12 bits per heavy atom. The van der Waals surface area contributed by atoms with E-state index in [2.05, 4.69) is 10.2 Å². The Morgan fingerprint density at radius 3 is 2.56 bits per heavy atom. The van der Waals surface area contributed by atoms with Gasteiger partial charge in [0, 0.05) is 42.7 Å². The average Bonchev–Trinajstić information content (AvgIpc) is 3.29. The number of halogens is 1. The number of nitrogens with one attached hydrogen (secondary N) is 1. The summed E-state index contributed by atoms with van der Waals surface area (Å²) in [5, 5.41) is 3.47. The summed E-state index contributed by atoms with van der Waals surface area (Å²) in [5.41, 5.74) is 0.587. The van der Waals surface area contributed by atoms with Crippen LogP contribution < -0.4 is 5.32 Å². The first-order valence-electron chi connectivity index (χ1n) is 9.19. The molecular formula is C19H26ClN3O2. The van der Waals surface area contributed by atoms with Gasteiger partial charge in [-0.1, -0.05) is 11.6 Å². The van der Waals surface area contributed by atoms with Crippen LogP contribution in [-0.4, -0.2) is 60.4 Å². The van der Waals surface area contributed by atoms with Crippen molar-refractivity contribution in [2.75, 3.05) is 32.7 Å². The molecule has 0 spiro atoms. The molecule has 1 aromatic carbocycles. The lowest BCUT2D eigenvalue weighted by molar-refractivity contribution is -0.130. The van der Waals surface area contributed by atoms with E-state index in [0.717, 1.165) is 19.5 Å². The third-order valence-corrected chi connectivity index (χ3v) is 5.38. The number of benzene rings is 1. The number of carbonyl (C=O) groups is 2. The predicted octanol–water partition coefficient (Wildman–Crippen LogP) is 2.55. The van der Waals surface area contributed by atoms with Crippen LogP contribution in [0.15, 0.2) is 24.3 Å². The maximum Gasteiger partial charge on any atom is 0.251 e. The fourth-order valence-corrected chi connectivity index (χ4v) is 3.80. The zero-order valence-electron chi connectivity index (χ0n) is 14.5. The van der Waals surface area contributed by atoms with Crippen LogP contribution in [0, 0.1) is 0 Å². The van der Waals surface area contributed by atoms with Crippen LogP contribution >= 0.6 is 11.6 Å². The summed E-state index contributed by atoms with van der Waals surface area (Å²) in [4.78, 5) is 28.8. The van der Waals surface area contributed by atoms with Crippen molar-refractivity contribution in [2.24, 2.45) is 0 Å². The Kier molecular flexibility index (Phi) is 6.32. The van der Waals surface area contributed by atoms with Crippen LogP contribution in [0.4, 0.5) is 0 Å². The third-order valence-electron chi connectivity index (χ3n) is 5.13. The van der Waals surface area contributed by atoms with Gasteiger partial charge in [-0.3, -0.25) is 14.5 Å². The van der Waals surface area contributed by atoms with Gasteiger partial charge in [-0.25, -0.2) is 0 Å². The van der Waals surface area contributed by atoms with E-state index in [1.165, 1.54) is 25.9 Å². The smallest absolute Gasteiger partial charge is 0.251 e. The van der Waals surface area contributed by atoms with Crippen molar-refractivity contribution in [1.29, 1.82) is 0 Å². The van der Waals surface area contributed by atoms with Crippen molar-refractivity contribution >= 4 is 23.4 Å². The molecule has 5 nitrogen and oxygen atoms in total. The lowest BCUT2D eigenvalue weighted by Gasteiger charge is -2.23. The van der Waals surface area contributed by atoms with Gasteiger partial charge in [-0.15, -0.1) is 0 Å². The molecule has 1 N–H and O–H groups in total. The second kappa shape index (κ2) is 8.68. The lowest BCUT2D eigenvalue weighted by Crippen LogP contribution is -2.37. The molecule has 0 radical (unpaired) electrons. The minimum Gasteiger partial charge on any atom is -0.352 e. The van der Waals surface area contributed by atoms with Crippen molar-refractivity contribution in [2.45, 2.75) is 38.1 Å². The second-order valence-corrected chi connectivity index (χ2v) is 7.33. The summed E-state index contributed by atoms with van der Waals surface area (Å²) >= 11 is 5.82. The first-order chi connectivity index (χ1) is 12.1. The fraction of sp³-hybridized carbons (Fsp3) is 0.579. The molecule has 25 heavy (non-hydrogen) atoms. The molecule has 0 aliphatic carbocycles. The van der Waals surface area contributed by atoms with Crippen molar-refractivity contribution in [1.82, 2.24) is 15.1 Å². The fourth-order valence-electron chi connectivity index (χ4n) is 3.68. The van der Waals surface area contributed by atoms with E-state index in [9.17, 15) is 9.59 Å². The summed E-state index contributed by atoms with van der Waals surface area (Å²) in [7, 11) is 0. The van der Waals surface area contributed by atoms with E-state index in [-0.39, 0.29) is 11.8 Å². The number of likely N-dealkylation sites (tertiary alicyclic amines) is 2. The summed E-state index contributed by atoms with van der Waals surface area (Å²) in [6, 6.07) is 7.35. The highest BCUT2D eigenvalue weighted by Crippen LogP contribution is 2.21. The lowest BCUT2D eigenvalue weighted by atomic mass is 10.2. The van der Waals surface area contributed by atoms with Crippen molar-refractivity contribution < 1.29 is 9.59 Å². The molecule has 1 unspecified atom stereocenters. The summed E-state index contributed by atoms with van der Waals surface area (Å²) in [6.45, 7) is 4.62. The van der Waals surface area contributed by atoms with Gasteiger partial charge in [-0.05, 0) is 63.0 Å². The second-order valence-electron chi connectivity index (χ2n) is 6.89. The normalized spacial score (nSPS) is 20.8. The van der Waals surface area contributed by atoms with Crippen molar-refractivity contribution in [3.63, 3.8) is 0 Å². The minimum atomic E-state index is -0.126. The molecule has 6 heteroatoms. The quantitative estimate of drug-likeness (QED) is 0.790. The van der Waals surface area contributed by atoms with Gasteiger partial charge in [0.1, 0.15) is 0 Å². The highest BCUT2D eigenvalue weighted by Gasteiger charge is 2.31. The Morgan fingerprint density at radius 2 is 1.84 bits per heavy atom. The van der Waals surface area contributed by atoms with Gasteiger partial charge in [-0.2, -0.15) is 0 Å². The van der Waals surface area contributed by atoms with Gasteiger partial charge in [0.15, 0.2) is 0 Å². The Labute approximate surface area is 154 Å². The van der Waals surface area contributed by atoms with Crippen LogP contribution in [0.5, 0.6) is 0 Å². The molecule has 2 heterocycles. The molecule has 2 saturated heterocycles. The minimum absolute atomic E-state index is 0.126. The molecule has 1 atom stereocenters. The zero-order chi connectivity index (χ0) is 17.6. The summed E-state index contributed by atoms with van der Waals surface area (Å²) in [5.74, 6) is 0.0850. The topological polar surface area (TPSA) is 52.7 Å². The maximum atomic E-state index is 12.3. The molecule has 136 valence electrons. The number of nitrogens with zero attached hydrogens (tertiary/aromatic N) is 2. The number of rotatable bonds is 6. The molecule has 0 bridgehead atoms. The van der Waals surface area contributed by atoms with Crippen LogP contribution in [0.2, 0.25) is 5.02 Å². The van der Waals surface area contributed by atoms with Gasteiger partial charge < -0.3 is 10.2 Å². The van der Waals surface area contributed by atoms with Crippen molar-refractivity contribution in [3.8, 4) is 0 Å². The van der Waals surface area contributed by atoms with E-state index in [1.807, 2.05) is 4.90 Å². The highest BCUT2D eigenvalue weighted by atomic mass is 35.5. The monoisotopic (exact) mass is 363 g/mol. The van der Waals surface area contributed by atoms with E-state index >= 15 is 0 Å². The van der Waals surface area contributed by atoms with Crippen LogP contribution in [0.3, 0.4) is 0 Å². The number of hydrogen-bond donors (Lipinski definition) is 1. The molecule has 2 aliphatic heterocycles. The zero-order valence-corrected chi connectivity index (χ0v) is 15.3. The average molecular weight is 364 g/mol. The third kappa shape index (κ3) is 4.95. The molecular weight excluding hydrogens is 338 g/mol. The SMILES string of the molecule is O=C(NCCCC(=O)N1CCC(N2CCCC2)C1)c1ccc(Cl)cc1. The molecule has 2 fully saturated rings. The molecule has 0 saturated carbocycles. The molecule has 1 aromatic rings. The first-order valence-corrected chi connectivity index (χ1v) is 9.57. The molecule has 3 rings (SSSR count). The van der Waals surface area contributed by atoms with Crippen LogP contribution in [-0.2, 0) is 4.79 Å². The van der Waals surface area contributed by atoms with Gasteiger partial charge in [0.25, 0.3) is 5.91 Å². The number of carbonyl (C=O) groups excluding carboxylic acids is 2. The van der Waals surface area contributed by atoms with Crippen LogP contribution in [0.25, 0.3) is 0 Å². The Balaban J connectivity index is 1.34. The number of amides is 2. The summed E-state index contributed by atoms with van der Waals surface area (Å²) in [6.07, 6.45) is 4.84. The van der Waals surface area contributed by atoms with Crippen molar-refractivity contribution in [3.05, 3.63) is 34.9 Å². The predicted molar refractivity (Wildman–Crippen MR) is 98.8 cm³/mol. The molecule has 2 aliphatic rings. The Hall–Kier alpha value is -1.59. The van der Waals surface area contributed by atoms with Gasteiger partial charge >= 0.3 is 0 Å². The van der Waals surface area contributed by atoms with Gasteiger partial charge in [0.2, 0.25) is 5.91 Å². The molecule has 0 aromatic heterocycles. The largest absolute Gasteiger partial charge is 0.352 e. The van der Waals surface area contributed by atoms with Crippen LogP contribution in [0.1, 0.15) is 42.5 Å².